The van der Waals surface area contributed by atoms with Crippen molar-refractivity contribution in [3.8, 4) is 0 Å². The quantitative estimate of drug-likeness (QED) is 0.251. The van der Waals surface area contributed by atoms with Crippen LogP contribution < -0.4 is 15.1 Å². The Morgan fingerprint density at radius 2 is 1.22 bits per heavy atom. The van der Waals surface area contributed by atoms with E-state index < -0.39 is 97.9 Å². The van der Waals surface area contributed by atoms with Crippen LogP contribution in [0.4, 0.5) is 68.9 Å². The molecule has 2 aromatic rings. The van der Waals surface area contributed by atoms with Gasteiger partial charge in [0.1, 0.15) is 0 Å². The van der Waals surface area contributed by atoms with Crippen molar-refractivity contribution in [2.45, 2.75) is 74.5 Å². The molecule has 2 aromatic carbocycles. The number of carbonyl (C=O) groups is 3. The Kier molecular flexibility index (Phi) is 15.0. The standard InChI is InChI=1S/C39H44F12N6O8/c40-36(41,42)24-10-23(11-27(13-24)56-7-8-63-20-30(56)32(58)59)17-54-2-1-52-26(18-54)15-29-19-57(31(21-64-29)33(60)61)28-12-22(9-25(14-28)37(43,44)45)16-53-3-5-55(6-4-53)35(62)65-34(38(46,47)48)39(49,50)51/h9-14,26,29-31,34,52H,1-8,15-21H2,(H,58,59)(H,60,61)/t26?,29-,30?,31?/m0/s1. The zero-order valence-corrected chi connectivity index (χ0v) is 34.1. The van der Waals surface area contributed by atoms with Crippen molar-refractivity contribution >= 4 is 29.4 Å². The van der Waals surface area contributed by atoms with E-state index in [1.54, 1.807) is 0 Å². The average molecular weight is 953 g/mol. The second kappa shape index (κ2) is 19.6. The fourth-order valence-electron chi connectivity index (χ4n) is 8.27. The Hall–Kier alpha value is -4.79. The van der Waals surface area contributed by atoms with Gasteiger partial charge >= 0.3 is 42.7 Å². The second-order valence-electron chi connectivity index (χ2n) is 16.1. The van der Waals surface area contributed by atoms with Gasteiger partial charge in [-0.05, 0) is 53.9 Å². The van der Waals surface area contributed by atoms with Gasteiger partial charge in [0.2, 0.25) is 0 Å². The lowest BCUT2D eigenvalue weighted by molar-refractivity contribution is -0.308. The van der Waals surface area contributed by atoms with E-state index in [0.29, 0.717) is 18.0 Å². The van der Waals surface area contributed by atoms with E-state index in [-0.39, 0.29) is 94.0 Å². The predicted molar refractivity (Wildman–Crippen MR) is 202 cm³/mol. The first-order valence-electron chi connectivity index (χ1n) is 20.1. The predicted octanol–water partition coefficient (Wildman–Crippen LogP) is 5.28. The van der Waals surface area contributed by atoms with Gasteiger partial charge in [0.05, 0.1) is 37.1 Å². The molecular formula is C39H44F12N6O8. The number of amides is 1. The molecule has 6 rings (SSSR count). The number of carboxylic acid groups (broad SMARTS) is 2. The summed E-state index contributed by atoms with van der Waals surface area (Å²) in [6.07, 6.45) is -28.3. The zero-order chi connectivity index (χ0) is 47.6. The summed E-state index contributed by atoms with van der Waals surface area (Å²) in [5, 5.41) is 23.1. The minimum absolute atomic E-state index is 0.0293. The van der Waals surface area contributed by atoms with Gasteiger partial charge in [-0.25, -0.2) is 14.4 Å². The summed E-state index contributed by atoms with van der Waals surface area (Å²) in [7, 11) is 0. The first kappa shape index (κ1) is 49.6. The number of ether oxygens (including phenoxy) is 3. The molecule has 4 atom stereocenters. The van der Waals surface area contributed by atoms with Crippen molar-refractivity contribution < 1.29 is 91.5 Å². The number of anilines is 2. The third kappa shape index (κ3) is 12.8. The fourth-order valence-corrected chi connectivity index (χ4v) is 8.27. The molecule has 0 spiro atoms. The number of hydrogen-bond donors (Lipinski definition) is 3. The van der Waals surface area contributed by atoms with Crippen molar-refractivity contribution in [1.29, 1.82) is 0 Å². The van der Waals surface area contributed by atoms with E-state index in [0.717, 1.165) is 24.3 Å². The van der Waals surface area contributed by atoms with Gasteiger partial charge in [0.25, 0.3) is 6.10 Å². The van der Waals surface area contributed by atoms with E-state index in [1.807, 2.05) is 4.90 Å². The number of alkyl halides is 12. The van der Waals surface area contributed by atoms with Crippen molar-refractivity contribution in [3.05, 3.63) is 58.7 Å². The highest BCUT2D eigenvalue weighted by atomic mass is 19.4. The van der Waals surface area contributed by atoms with E-state index in [9.17, 15) is 77.3 Å². The van der Waals surface area contributed by atoms with E-state index in [2.05, 4.69) is 10.1 Å². The molecule has 26 heteroatoms. The van der Waals surface area contributed by atoms with Gasteiger partial charge in [-0.15, -0.1) is 0 Å². The summed E-state index contributed by atoms with van der Waals surface area (Å²) in [4.78, 5) is 43.1. The van der Waals surface area contributed by atoms with Gasteiger partial charge < -0.3 is 44.4 Å². The number of morpholine rings is 2. The molecule has 362 valence electrons. The van der Waals surface area contributed by atoms with Gasteiger partial charge in [-0.3, -0.25) is 9.80 Å². The fraction of sp³-hybridized carbons (Fsp3) is 0.615. The number of carboxylic acids is 2. The van der Waals surface area contributed by atoms with Crippen LogP contribution in [-0.4, -0.2) is 164 Å². The van der Waals surface area contributed by atoms with Crippen LogP contribution in [-0.2, 0) is 49.2 Å². The first-order chi connectivity index (χ1) is 30.3. The molecule has 3 N–H and O–H groups in total. The number of nitrogens with zero attached hydrogens (tertiary/aromatic N) is 5. The number of carbonyl (C=O) groups excluding carboxylic acids is 1. The molecule has 3 unspecified atom stereocenters. The van der Waals surface area contributed by atoms with Crippen LogP contribution in [0.25, 0.3) is 0 Å². The summed E-state index contributed by atoms with van der Waals surface area (Å²) in [6.45, 7) is -1.04. The van der Waals surface area contributed by atoms with Gasteiger partial charge in [-0.2, -0.15) is 52.7 Å². The molecule has 1 amide bonds. The molecule has 0 bridgehead atoms. The highest BCUT2D eigenvalue weighted by Gasteiger charge is 2.60. The SMILES string of the molecule is O=C(O)C1COCCN1c1cc(CN2CCNC(C[C@H]3CN(c4cc(CN5CCN(C(=O)OC(C(F)(F)F)C(F)(F)F)CC5)cc(C(F)(F)F)c4)C(C(=O)O)CO3)C2)cc(C(F)(F)F)c1. The van der Waals surface area contributed by atoms with Gasteiger partial charge in [-0.1, -0.05) is 0 Å². The number of hydrogen-bond acceptors (Lipinski definition) is 11. The Morgan fingerprint density at radius 1 is 0.677 bits per heavy atom. The molecule has 4 saturated heterocycles. The molecule has 4 aliphatic heterocycles. The summed E-state index contributed by atoms with van der Waals surface area (Å²) in [5.74, 6) is -2.67. The summed E-state index contributed by atoms with van der Waals surface area (Å²) in [5.41, 5.74) is -1.88. The second-order valence-corrected chi connectivity index (χ2v) is 16.1. The Labute approximate surface area is 362 Å². The van der Waals surface area contributed by atoms with Crippen LogP contribution in [0.5, 0.6) is 0 Å². The summed E-state index contributed by atoms with van der Waals surface area (Å²) in [6, 6.07) is 3.27. The molecule has 0 radical (unpaired) electrons. The monoisotopic (exact) mass is 952 g/mol. The molecule has 65 heavy (non-hydrogen) atoms. The minimum atomic E-state index is -5.93. The van der Waals surface area contributed by atoms with E-state index in [1.165, 1.54) is 26.8 Å². The summed E-state index contributed by atoms with van der Waals surface area (Å²) >= 11 is 0. The number of benzene rings is 2. The average Bonchev–Trinajstić information content (AvgIpc) is 3.21. The number of halogens is 12. The van der Waals surface area contributed by atoms with Crippen LogP contribution in [0.1, 0.15) is 28.7 Å². The van der Waals surface area contributed by atoms with E-state index in [4.69, 9.17) is 9.47 Å². The van der Waals surface area contributed by atoms with Crippen LogP contribution in [0, 0.1) is 0 Å². The van der Waals surface area contributed by atoms with Crippen LogP contribution >= 0.6 is 0 Å². The molecule has 4 heterocycles. The third-order valence-corrected chi connectivity index (χ3v) is 11.4. The van der Waals surface area contributed by atoms with Crippen LogP contribution in [0.15, 0.2) is 36.4 Å². The maximum atomic E-state index is 14.3. The van der Waals surface area contributed by atoms with Crippen molar-refractivity contribution in [2.24, 2.45) is 0 Å². The number of piperazine rings is 2. The van der Waals surface area contributed by atoms with E-state index >= 15 is 0 Å². The molecule has 0 saturated carbocycles. The van der Waals surface area contributed by atoms with Gasteiger partial charge in [0.15, 0.2) is 12.1 Å². The molecular weight excluding hydrogens is 908 g/mol. The molecule has 4 fully saturated rings. The molecule has 4 aliphatic rings. The molecule has 14 nitrogen and oxygen atoms in total. The highest BCUT2D eigenvalue weighted by molar-refractivity contribution is 5.79. The van der Waals surface area contributed by atoms with Gasteiger partial charge in [0, 0.05) is 89.4 Å². The Balaban J connectivity index is 1.13. The first-order valence-corrected chi connectivity index (χ1v) is 20.1. The van der Waals surface area contributed by atoms with Crippen molar-refractivity contribution in [3.63, 3.8) is 0 Å². The maximum absolute atomic E-state index is 14.3. The number of rotatable bonds is 11. The lowest BCUT2D eigenvalue weighted by Gasteiger charge is -2.42. The third-order valence-electron chi connectivity index (χ3n) is 11.4. The minimum Gasteiger partial charge on any atom is -0.480 e. The van der Waals surface area contributed by atoms with Crippen LogP contribution in [0.2, 0.25) is 0 Å². The number of aliphatic carboxylic acids is 2. The van der Waals surface area contributed by atoms with Crippen LogP contribution in [0.3, 0.4) is 0 Å². The Bertz CT molecular complexity index is 2000. The van der Waals surface area contributed by atoms with Crippen molar-refractivity contribution in [1.82, 2.24) is 20.0 Å². The smallest absolute Gasteiger partial charge is 0.434 e. The lowest BCUT2D eigenvalue weighted by atomic mass is 10.0. The highest BCUT2D eigenvalue weighted by Crippen LogP contribution is 2.38. The summed E-state index contributed by atoms with van der Waals surface area (Å²) < 4.78 is 178. The normalized spacial score (nSPS) is 23.5. The topological polar surface area (TPSA) is 148 Å². The molecule has 0 aromatic heterocycles. The number of nitrogens with one attached hydrogen (secondary N) is 1. The van der Waals surface area contributed by atoms with Crippen molar-refractivity contribution in [2.75, 3.05) is 88.5 Å². The lowest BCUT2D eigenvalue weighted by Crippen LogP contribution is -2.57. The Morgan fingerprint density at radius 3 is 1.75 bits per heavy atom. The largest absolute Gasteiger partial charge is 0.480 e. The maximum Gasteiger partial charge on any atom is 0.434 e. The zero-order valence-electron chi connectivity index (χ0n) is 34.1. The molecule has 0 aliphatic carbocycles.